The van der Waals surface area contributed by atoms with E-state index in [4.69, 9.17) is 0 Å². The molecule has 1 amide bonds. The van der Waals surface area contributed by atoms with Gasteiger partial charge in [-0.2, -0.15) is 5.10 Å². The van der Waals surface area contributed by atoms with E-state index in [9.17, 15) is 4.79 Å². The minimum atomic E-state index is -0.0313. The Kier molecular flexibility index (Phi) is 2.27. The molecule has 5 heteroatoms. The van der Waals surface area contributed by atoms with Gasteiger partial charge in [-0.1, -0.05) is 0 Å². The Morgan fingerprint density at radius 3 is 3.15 bits per heavy atom. The molecular formula is C8H12N4O. The molecule has 1 aliphatic rings. The van der Waals surface area contributed by atoms with Crippen molar-refractivity contribution in [3.05, 3.63) is 12.3 Å². The van der Waals surface area contributed by atoms with E-state index in [1.165, 1.54) is 12.8 Å². The maximum Gasteiger partial charge on any atom is 0.239 e. The molecule has 0 saturated heterocycles. The smallest absolute Gasteiger partial charge is 0.239 e. The molecular weight excluding hydrogens is 168 g/mol. The lowest BCUT2D eigenvalue weighted by Gasteiger charge is -2.02. The molecule has 1 heterocycles. The van der Waals surface area contributed by atoms with Crippen molar-refractivity contribution >= 4 is 11.7 Å². The highest BCUT2D eigenvalue weighted by molar-refractivity contribution is 5.91. The van der Waals surface area contributed by atoms with Crippen LogP contribution >= 0.6 is 0 Å². The van der Waals surface area contributed by atoms with Crippen LogP contribution in [0.1, 0.15) is 12.8 Å². The third-order valence-corrected chi connectivity index (χ3v) is 1.90. The highest BCUT2D eigenvalue weighted by atomic mass is 16.2. The van der Waals surface area contributed by atoms with Crippen molar-refractivity contribution in [3.8, 4) is 0 Å². The first-order valence-electron chi connectivity index (χ1n) is 4.37. The first-order valence-corrected chi connectivity index (χ1v) is 4.37. The van der Waals surface area contributed by atoms with Crippen LogP contribution in [0.3, 0.4) is 0 Å². The average Bonchev–Trinajstić information content (AvgIpc) is 2.82. The Hall–Kier alpha value is -1.36. The molecule has 0 radical (unpaired) electrons. The number of nitrogens with zero attached hydrogens (tertiary/aromatic N) is 1. The number of carbonyl (C=O) groups excluding carboxylic acids is 1. The Labute approximate surface area is 75.9 Å². The number of hydrogen-bond acceptors (Lipinski definition) is 3. The number of carbonyl (C=O) groups is 1. The Bertz CT molecular complexity index is 278. The zero-order valence-corrected chi connectivity index (χ0v) is 7.21. The van der Waals surface area contributed by atoms with Gasteiger partial charge in [-0.3, -0.25) is 9.89 Å². The van der Waals surface area contributed by atoms with Gasteiger partial charge >= 0.3 is 0 Å². The summed E-state index contributed by atoms with van der Waals surface area (Å²) in [6.45, 7) is 0.379. The number of hydrogen-bond donors (Lipinski definition) is 3. The largest absolute Gasteiger partial charge is 0.310 e. The van der Waals surface area contributed by atoms with Crippen molar-refractivity contribution in [2.75, 3.05) is 11.9 Å². The molecule has 5 nitrogen and oxygen atoms in total. The molecule has 2 rings (SSSR count). The lowest BCUT2D eigenvalue weighted by Crippen LogP contribution is -2.29. The van der Waals surface area contributed by atoms with Crippen LogP contribution in [0.25, 0.3) is 0 Å². The van der Waals surface area contributed by atoms with E-state index in [-0.39, 0.29) is 5.91 Å². The van der Waals surface area contributed by atoms with Crippen LogP contribution in [0, 0.1) is 0 Å². The summed E-state index contributed by atoms with van der Waals surface area (Å²) >= 11 is 0. The van der Waals surface area contributed by atoms with E-state index >= 15 is 0 Å². The van der Waals surface area contributed by atoms with Crippen LogP contribution in [0.2, 0.25) is 0 Å². The Balaban J connectivity index is 1.71. The lowest BCUT2D eigenvalue weighted by molar-refractivity contribution is -0.115. The molecule has 0 unspecified atom stereocenters. The molecule has 13 heavy (non-hydrogen) atoms. The molecule has 0 aromatic carbocycles. The first kappa shape index (κ1) is 8.25. The third-order valence-electron chi connectivity index (χ3n) is 1.90. The van der Waals surface area contributed by atoms with Crippen LogP contribution in [0.5, 0.6) is 0 Å². The van der Waals surface area contributed by atoms with E-state index in [1.54, 1.807) is 12.3 Å². The molecule has 0 aliphatic heterocycles. The summed E-state index contributed by atoms with van der Waals surface area (Å²) in [6, 6.07) is 2.28. The maximum atomic E-state index is 11.2. The number of rotatable bonds is 4. The molecule has 1 aromatic rings. The van der Waals surface area contributed by atoms with Crippen LogP contribution in [0.4, 0.5) is 5.82 Å². The van der Waals surface area contributed by atoms with Crippen molar-refractivity contribution in [3.63, 3.8) is 0 Å². The molecule has 1 aromatic heterocycles. The van der Waals surface area contributed by atoms with Gasteiger partial charge in [0.05, 0.1) is 12.7 Å². The molecule has 0 spiro atoms. The highest BCUT2D eigenvalue weighted by Gasteiger charge is 2.21. The zero-order valence-electron chi connectivity index (χ0n) is 7.21. The van der Waals surface area contributed by atoms with E-state index in [0.29, 0.717) is 18.4 Å². The third kappa shape index (κ3) is 2.55. The summed E-state index contributed by atoms with van der Waals surface area (Å²) in [7, 11) is 0. The molecule has 70 valence electrons. The quantitative estimate of drug-likeness (QED) is 0.615. The second-order valence-electron chi connectivity index (χ2n) is 3.17. The van der Waals surface area contributed by atoms with Gasteiger partial charge in [0.15, 0.2) is 0 Å². The van der Waals surface area contributed by atoms with Crippen LogP contribution < -0.4 is 10.6 Å². The predicted molar refractivity (Wildman–Crippen MR) is 48.2 cm³/mol. The highest BCUT2D eigenvalue weighted by Crippen LogP contribution is 2.17. The fourth-order valence-electron chi connectivity index (χ4n) is 1.04. The maximum absolute atomic E-state index is 11.2. The van der Waals surface area contributed by atoms with E-state index in [0.717, 1.165) is 0 Å². The number of H-pyrrole nitrogens is 1. The van der Waals surface area contributed by atoms with Gasteiger partial charge in [-0.15, -0.1) is 0 Å². The minimum absolute atomic E-state index is 0.0313. The summed E-state index contributed by atoms with van der Waals surface area (Å²) in [5.74, 6) is 0.610. The molecule has 1 fully saturated rings. The van der Waals surface area contributed by atoms with Crippen molar-refractivity contribution in [2.24, 2.45) is 0 Å². The standard InChI is InChI=1S/C8H12N4O/c13-8(5-9-6-1-2-6)11-7-3-4-10-12-7/h3-4,6,9H,1-2,5H2,(H2,10,11,12,13). The van der Waals surface area contributed by atoms with Crippen molar-refractivity contribution < 1.29 is 4.79 Å². The lowest BCUT2D eigenvalue weighted by atomic mass is 10.5. The fourth-order valence-corrected chi connectivity index (χ4v) is 1.04. The van der Waals surface area contributed by atoms with Gasteiger partial charge in [0.2, 0.25) is 5.91 Å². The Morgan fingerprint density at radius 2 is 2.54 bits per heavy atom. The number of aromatic amines is 1. The summed E-state index contributed by atoms with van der Waals surface area (Å²) < 4.78 is 0. The van der Waals surface area contributed by atoms with Gasteiger partial charge in [-0.05, 0) is 12.8 Å². The van der Waals surface area contributed by atoms with Gasteiger partial charge in [0.25, 0.3) is 0 Å². The molecule has 0 bridgehead atoms. The van der Waals surface area contributed by atoms with Crippen molar-refractivity contribution in [1.82, 2.24) is 15.5 Å². The number of aromatic nitrogens is 2. The topological polar surface area (TPSA) is 69.8 Å². The number of anilines is 1. The van der Waals surface area contributed by atoms with Gasteiger partial charge in [0, 0.05) is 12.1 Å². The summed E-state index contributed by atoms with van der Waals surface area (Å²) in [5, 5.41) is 12.2. The normalized spacial score (nSPS) is 15.7. The summed E-state index contributed by atoms with van der Waals surface area (Å²) in [4.78, 5) is 11.2. The molecule has 0 atom stereocenters. The van der Waals surface area contributed by atoms with Crippen LogP contribution in [-0.4, -0.2) is 28.7 Å². The van der Waals surface area contributed by atoms with Crippen LogP contribution in [0.15, 0.2) is 12.3 Å². The van der Waals surface area contributed by atoms with Crippen molar-refractivity contribution in [1.29, 1.82) is 0 Å². The zero-order chi connectivity index (χ0) is 9.10. The second-order valence-corrected chi connectivity index (χ2v) is 3.17. The van der Waals surface area contributed by atoms with E-state index < -0.39 is 0 Å². The second kappa shape index (κ2) is 3.57. The molecule has 1 aliphatic carbocycles. The number of amides is 1. The Morgan fingerprint density at radius 1 is 1.69 bits per heavy atom. The molecule has 3 N–H and O–H groups in total. The van der Waals surface area contributed by atoms with Gasteiger partial charge < -0.3 is 10.6 Å². The minimum Gasteiger partial charge on any atom is -0.310 e. The number of nitrogens with one attached hydrogen (secondary N) is 3. The van der Waals surface area contributed by atoms with Gasteiger partial charge in [-0.25, -0.2) is 0 Å². The fraction of sp³-hybridized carbons (Fsp3) is 0.500. The van der Waals surface area contributed by atoms with E-state index in [2.05, 4.69) is 20.8 Å². The van der Waals surface area contributed by atoms with Gasteiger partial charge in [0.1, 0.15) is 5.82 Å². The van der Waals surface area contributed by atoms with Crippen LogP contribution in [-0.2, 0) is 4.79 Å². The monoisotopic (exact) mass is 180 g/mol. The first-order chi connectivity index (χ1) is 6.34. The summed E-state index contributed by atoms with van der Waals surface area (Å²) in [6.07, 6.45) is 3.98. The predicted octanol–water partition coefficient (Wildman–Crippen LogP) is 0.100. The summed E-state index contributed by atoms with van der Waals surface area (Å²) in [5.41, 5.74) is 0. The van der Waals surface area contributed by atoms with Crippen molar-refractivity contribution in [2.45, 2.75) is 18.9 Å². The average molecular weight is 180 g/mol. The van der Waals surface area contributed by atoms with E-state index in [1.807, 2.05) is 0 Å². The molecule has 1 saturated carbocycles. The SMILES string of the molecule is O=C(CNC1CC1)Nc1ccn[nH]1.